The van der Waals surface area contributed by atoms with E-state index in [2.05, 4.69) is 10.3 Å². The predicted octanol–water partition coefficient (Wildman–Crippen LogP) is 3.38. The molecule has 1 fully saturated rings. The summed E-state index contributed by atoms with van der Waals surface area (Å²) >= 11 is 1.59. The molecule has 0 radical (unpaired) electrons. The maximum atomic E-state index is 13.8. The summed E-state index contributed by atoms with van der Waals surface area (Å²) in [5.74, 6) is -0.953. The Hall–Kier alpha value is -3.56. The van der Waals surface area contributed by atoms with E-state index in [1.807, 2.05) is 68.7 Å². The number of β-amino-alcohol motifs (C(OH)–C–C–N with tert-alkyl or cyclic N) is 1. The molecular formula is C29H32N4O4S. The van der Waals surface area contributed by atoms with Gasteiger partial charge in [0.15, 0.2) is 0 Å². The van der Waals surface area contributed by atoms with Gasteiger partial charge in [-0.05, 0) is 35.6 Å². The molecular weight excluding hydrogens is 500 g/mol. The highest BCUT2D eigenvalue weighted by Gasteiger charge is 2.45. The Morgan fingerprint density at radius 2 is 1.89 bits per heavy atom. The van der Waals surface area contributed by atoms with E-state index < -0.39 is 18.2 Å². The lowest BCUT2D eigenvalue weighted by Gasteiger charge is -2.35. The van der Waals surface area contributed by atoms with E-state index in [9.17, 15) is 19.5 Å². The van der Waals surface area contributed by atoms with E-state index in [0.717, 1.165) is 27.3 Å². The van der Waals surface area contributed by atoms with Gasteiger partial charge in [-0.15, -0.1) is 11.3 Å². The number of aliphatic hydroxyl groups excluding tert-OH is 1. The molecule has 2 aliphatic rings. The first-order valence-corrected chi connectivity index (χ1v) is 13.8. The molecule has 0 spiro atoms. The fraction of sp³-hybridized carbons (Fsp3) is 0.379. The van der Waals surface area contributed by atoms with Crippen LogP contribution in [0.5, 0.6) is 0 Å². The van der Waals surface area contributed by atoms with Crippen LogP contribution in [-0.2, 0) is 22.7 Å². The molecule has 3 heterocycles. The van der Waals surface area contributed by atoms with Crippen LogP contribution in [0.25, 0.3) is 10.4 Å². The van der Waals surface area contributed by atoms with Crippen molar-refractivity contribution in [1.29, 1.82) is 0 Å². The van der Waals surface area contributed by atoms with Crippen LogP contribution in [0.1, 0.15) is 47.4 Å². The number of hydrogen-bond donors (Lipinski definition) is 2. The molecule has 9 heteroatoms. The number of likely N-dealkylation sites (tertiary alicyclic amines) is 1. The Bertz CT molecular complexity index is 1350. The first kappa shape index (κ1) is 26.1. The van der Waals surface area contributed by atoms with Gasteiger partial charge in [-0.2, -0.15) is 0 Å². The van der Waals surface area contributed by atoms with Gasteiger partial charge >= 0.3 is 0 Å². The van der Waals surface area contributed by atoms with Crippen LogP contribution in [0, 0.1) is 12.8 Å². The number of fused-ring (bicyclic) bond motifs is 1. The van der Waals surface area contributed by atoms with Crippen molar-refractivity contribution in [2.45, 2.75) is 58.5 Å². The molecule has 0 saturated carbocycles. The second-order valence-electron chi connectivity index (χ2n) is 10.4. The molecule has 2 aromatic carbocycles. The average Bonchev–Trinajstić information content (AvgIpc) is 3.60. The summed E-state index contributed by atoms with van der Waals surface area (Å²) < 4.78 is 0. The van der Waals surface area contributed by atoms with Crippen molar-refractivity contribution in [3.8, 4) is 10.4 Å². The lowest BCUT2D eigenvalue weighted by Crippen LogP contribution is -2.55. The molecule has 3 aromatic rings. The van der Waals surface area contributed by atoms with E-state index in [4.69, 9.17) is 0 Å². The Morgan fingerprint density at radius 3 is 2.55 bits per heavy atom. The molecule has 2 N–H and O–H groups in total. The first-order chi connectivity index (χ1) is 18.2. The van der Waals surface area contributed by atoms with Gasteiger partial charge in [0.2, 0.25) is 11.8 Å². The number of nitrogens with zero attached hydrogens (tertiary/aromatic N) is 3. The topological polar surface area (TPSA) is 103 Å². The molecule has 5 rings (SSSR count). The molecule has 198 valence electrons. The fourth-order valence-corrected chi connectivity index (χ4v) is 6.23. The zero-order valence-electron chi connectivity index (χ0n) is 21.8. The van der Waals surface area contributed by atoms with E-state index in [0.29, 0.717) is 18.7 Å². The van der Waals surface area contributed by atoms with Crippen LogP contribution in [0.15, 0.2) is 54.0 Å². The number of carbonyl (C=O) groups excluding carboxylic acids is 3. The quantitative estimate of drug-likeness (QED) is 0.486. The Morgan fingerprint density at radius 1 is 1.16 bits per heavy atom. The monoisotopic (exact) mass is 532 g/mol. The lowest BCUT2D eigenvalue weighted by atomic mass is 10.0. The van der Waals surface area contributed by atoms with Crippen LogP contribution in [0.3, 0.4) is 0 Å². The van der Waals surface area contributed by atoms with Crippen molar-refractivity contribution < 1.29 is 19.5 Å². The second-order valence-corrected chi connectivity index (χ2v) is 11.2. The van der Waals surface area contributed by atoms with Gasteiger partial charge in [-0.25, -0.2) is 4.98 Å². The minimum absolute atomic E-state index is 0.0675. The van der Waals surface area contributed by atoms with Crippen molar-refractivity contribution in [1.82, 2.24) is 20.1 Å². The summed E-state index contributed by atoms with van der Waals surface area (Å²) in [5.41, 5.74) is 6.32. The van der Waals surface area contributed by atoms with E-state index in [1.165, 1.54) is 4.90 Å². The van der Waals surface area contributed by atoms with Gasteiger partial charge in [0, 0.05) is 31.6 Å². The zero-order chi connectivity index (χ0) is 27.0. The summed E-state index contributed by atoms with van der Waals surface area (Å²) in [5, 5.41) is 13.4. The van der Waals surface area contributed by atoms with Gasteiger partial charge in [0.05, 0.1) is 22.2 Å². The number of aliphatic hydroxyl groups is 1. The molecule has 3 unspecified atom stereocenters. The smallest absolute Gasteiger partial charge is 0.255 e. The number of nitrogens with one attached hydrogen (secondary N) is 1. The average molecular weight is 533 g/mol. The number of hydrogen-bond acceptors (Lipinski definition) is 6. The molecule has 2 aliphatic heterocycles. The molecule has 38 heavy (non-hydrogen) atoms. The lowest BCUT2D eigenvalue weighted by molar-refractivity contribution is -0.143. The maximum absolute atomic E-state index is 13.8. The van der Waals surface area contributed by atoms with E-state index in [1.54, 1.807) is 22.3 Å². The Labute approximate surface area is 226 Å². The molecule has 3 amide bonds. The third-order valence-corrected chi connectivity index (χ3v) is 8.34. The number of amides is 3. The van der Waals surface area contributed by atoms with Crippen molar-refractivity contribution in [2.24, 2.45) is 5.92 Å². The first-order valence-electron chi connectivity index (χ1n) is 12.9. The largest absolute Gasteiger partial charge is 0.391 e. The number of carbonyl (C=O) groups is 3. The van der Waals surface area contributed by atoms with Crippen molar-refractivity contribution in [3.05, 3.63) is 76.4 Å². The number of aryl methyl sites for hydroxylation is 1. The van der Waals surface area contributed by atoms with Crippen molar-refractivity contribution in [3.63, 3.8) is 0 Å². The van der Waals surface area contributed by atoms with Crippen LogP contribution in [0.4, 0.5) is 0 Å². The van der Waals surface area contributed by atoms with Crippen LogP contribution < -0.4 is 5.32 Å². The van der Waals surface area contributed by atoms with Crippen molar-refractivity contribution >= 4 is 29.1 Å². The molecule has 0 aliphatic carbocycles. The molecule has 1 aromatic heterocycles. The standard InChI is InChI=1S/C29H32N4O4S/c1-17(2)25(33-14-21-6-4-5-7-23(21)28(33)36)29(37)32-15-22(34)12-24(32)27(35)30-13-19-8-10-20(11-9-19)26-18(3)31-16-38-26/h4-11,16-17,22,24-25,34H,12-15H2,1-3H3,(H,30,35). The maximum Gasteiger partial charge on any atom is 0.255 e. The van der Waals surface area contributed by atoms with Gasteiger partial charge in [-0.1, -0.05) is 56.3 Å². The zero-order valence-corrected chi connectivity index (χ0v) is 22.6. The van der Waals surface area contributed by atoms with Gasteiger partial charge in [-0.3, -0.25) is 14.4 Å². The highest BCUT2D eigenvalue weighted by Crippen LogP contribution is 2.30. The molecule has 1 saturated heterocycles. The SMILES string of the molecule is Cc1ncsc1-c1ccc(CNC(=O)C2CC(O)CN2C(=O)C(C(C)C)N2Cc3ccccc3C2=O)cc1. The predicted molar refractivity (Wildman–Crippen MR) is 145 cm³/mol. The third-order valence-electron chi connectivity index (χ3n) is 7.36. The van der Waals surface area contributed by atoms with Gasteiger partial charge in [0.1, 0.15) is 12.1 Å². The number of thiazole rings is 1. The highest BCUT2D eigenvalue weighted by molar-refractivity contribution is 7.13. The van der Waals surface area contributed by atoms with Crippen LogP contribution >= 0.6 is 11.3 Å². The van der Waals surface area contributed by atoms with Gasteiger partial charge in [0.25, 0.3) is 5.91 Å². The summed E-state index contributed by atoms with van der Waals surface area (Å²) in [7, 11) is 0. The Balaban J connectivity index is 1.27. The summed E-state index contributed by atoms with van der Waals surface area (Å²) in [6.07, 6.45) is -0.629. The minimum Gasteiger partial charge on any atom is -0.391 e. The highest BCUT2D eigenvalue weighted by atomic mass is 32.1. The number of benzene rings is 2. The van der Waals surface area contributed by atoms with E-state index in [-0.39, 0.29) is 36.6 Å². The normalized spacial score (nSPS) is 19.7. The molecule has 3 atom stereocenters. The summed E-state index contributed by atoms with van der Waals surface area (Å²) in [6.45, 7) is 6.51. The number of rotatable bonds is 7. The van der Waals surface area contributed by atoms with Gasteiger partial charge < -0.3 is 20.2 Å². The van der Waals surface area contributed by atoms with Crippen LogP contribution in [-0.4, -0.2) is 62.3 Å². The second kappa shape index (κ2) is 10.7. The molecule has 0 bridgehead atoms. The minimum atomic E-state index is -0.795. The summed E-state index contributed by atoms with van der Waals surface area (Å²) in [4.78, 5) is 48.7. The Kier molecular flexibility index (Phi) is 7.32. The van der Waals surface area contributed by atoms with Crippen LogP contribution in [0.2, 0.25) is 0 Å². The number of aromatic nitrogens is 1. The third kappa shape index (κ3) is 4.96. The van der Waals surface area contributed by atoms with E-state index >= 15 is 0 Å². The van der Waals surface area contributed by atoms with Crippen molar-refractivity contribution in [2.75, 3.05) is 6.54 Å². The summed E-state index contributed by atoms with van der Waals surface area (Å²) in [6, 6.07) is 13.8. The molecule has 8 nitrogen and oxygen atoms in total. The fourth-order valence-electron chi connectivity index (χ4n) is 5.42.